The van der Waals surface area contributed by atoms with Gasteiger partial charge in [-0.25, -0.2) is 0 Å². The van der Waals surface area contributed by atoms with Gasteiger partial charge < -0.3 is 5.73 Å². The van der Waals surface area contributed by atoms with E-state index in [0.717, 1.165) is 0 Å². The van der Waals surface area contributed by atoms with Crippen LogP contribution in [0.2, 0.25) is 10.3 Å². The zero-order valence-electron chi connectivity index (χ0n) is 5.43. The van der Waals surface area contributed by atoms with Crippen molar-refractivity contribution in [2.75, 3.05) is 0 Å². The highest BCUT2D eigenvalue weighted by Gasteiger charge is 2.09. The Morgan fingerprint density at radius 1 is 1.60 bits per heavy atom. The second-order valence-electron chi connectivity index (χ2n) is 1.89. The molecule has 1 aromatic heterocycles. The van der Waals surface area contributed by atoms with Crippen LogP contribution < -0.4 is 5.73 Å². The molecule has 56 valence electrons. The van der Waals surface area contributed by atoms with Crippen molar-refractivity contribution in [3.8, 4) is 0 Å². The van der Waals surface area contributed by atoms with Crippen molar-refractivity contribution < 1.29 is 0 Å². The summed E-state index contributed by atoms with van der Waals surface area (Å²) in [6.07, 6.45) is 0. The minimum Gasteiger partial charge on any atom is -0.326 e. The van der Waals surface area contributed by atoms with E-state index in [9.17, 15) is 0 Å². The quantitative estimate of drug-likeness (QED) is 0.705. The number of nitrogens with zero attached hydrogens (tertiary/aromatic N) is 2. The third-order valence-corrected chi connectivity index (χ3v) is 2.00. The van der Waals surface area contributed by atoms with Gasteiger partial charge in [0.25, 0.3) is 0 Å². The summed E-state index contributed by atoms with van der Waals surface area (Å²) < 4.78 is 1.49. The van der Waals surface area contributed by atoms with Crippen molar-refractivity contribution >= 4 is 23.2 Å². The molecule has 0 aliphatic carbocycles. The van der Waals surface area contributed by atoms with E-state index in [0.29, 0.717) is 22.4 Å². The molecule has 0 saturated heterocycles. The van der Waals surface area contributed by atoms with Gasteiger partial charge in [0.15, 0.2) is 5.15 Å². The Hall–Kier alpha value is -0.250. The smallest absolute Gasteiger partial charge is 0.157 e. The monoisotopic (exact) mass is 179 g/mol. The lowest BCUT2D eigenvalue weighted by Gasteiger charge is -1.91. The van der Waals surface area contributed by atoms with Crippen LogP contribution in [0.5, 0.6) is 0 Å². The first-order valence-corrected chi connectivity index (χ1v) is 3.49. The van der Waals surface area contributed by atoms with Crippen molar-refractivity contribution in [3.63, 3.8) is 0 Å². The third kappa shape index (κ3) is 1.12. The molecule has 0 saturated carbocycles. The van der Waals surface area contributed by atoms with Gasteiger partial charge in [-0.05, 0) is 0 Å². The lowest BCUT2D eigenvalue weighted by Crippen LogP contribution is -1.96. The Kier molecular flexibility index (Phi) is 2.18. The van der Waals surface area contributed by atoms with E-state index in [4.69, 9.17) is 28.9 Å². The Morgan fingerprint density at radius 2 is 2.20 bits per heavy atom. The maximum atomic E-state index is 5.75. The molecule has 0 fully saturated rings. The molecule has 2 N–H and O–H groups in total. The van der Waals surface area contributed by atoms with Gasteiger partial charge in [0, 0.05) is 19.2 Å². The molecule has 1 rings (SSSR count). The number of rotatable bonds is 1. The van der Waals surface area contributed by atoms with Crippen LogP contribution in [0.3, 0.4) is 0 Å². The molecular formula is C5H7Cl2N3. The van der Waals surface area contributed by atoms with Crippen LogP contribution in [0.25, 0.3) is 0 Å². The lowest BCUT2D eigenvalue weighted by molar-refractivity contribution is 0.768. The highest BCUT2D eigenvalue weighted by Crippen LogP contribution is 2.21. The standard InChI is InChI=1S/C5H7Cl2N3/c1-10-5(7)3(2-8)4(6)9-10/h2,8H2,1H3. The summed E-state index contributed by atoms with van der Waals surface area (Å²) in [7, 11) is 1.72. The first kappa shape index (κ1) is 7.85. The Bertz CT molecular complexity index is 243. The van der Waals surface area contributed by atoms with Gasteiger partial charge in [0.1, 0.15) is 5.15 Å². The number of nitrogens with two attached hydrogens (primary N) is 1. The van der Waals surface area contributed by atoms with Gasteiger partial charge in [-0.3, -0.25) is 4.68 Å². The molecule has 1 aromatic rings. The summed E-state index contributed by atoms with van der Waals surface area (Å²) in [5.74, 6) is 0. The number of hydrogen-bond donors (Lipinski definition) is 1. The molecule has 0 aliphatic rings. The fourth-order valence-electron chi connectivity index (χ4n) is 0.685. The van der Waals surface area contributed by atoms with Gasteiger partial charge in [0.05, 0.1) is 0 Å². The van der Waals surface area contributed by atoms with Crippen LogP contribution in [0.1, 0.15) is 5.56 Å². The number of aromatic nitrogens is 2. The zero-order chi connectivity index (χ0) is 7.72. The van der Waals surface area contributed by atoms with Gasteiger partial charge in [-0.15, -0.1) is 0 Å². The molecule has 1 heterocycles. The molecule has 5 heteroatoms. The third-order valence-electron chi connectivity index (χ3n) is 1.22. The van der Waals surface area contributed by atoms with E-state index in [2.05, 4.69) is 5.10 Å². The SMILES string of the molecule is Cn1nc(Cl)c(CN)c1Cl. The summed E-state index contributed by atoms with van der Waals surface area (Å²) >= 11 is 11.4. The van der Waals surface area contributed by atoms with E-state index in [1.54, 1.807) is 7.05 Å². The van der Waals surface area contributed by atoms with Crippen LogP contribution in [0.15, 0.2) is 0 Å². The van der Waals surface area contributed by atoms with E-state index in [1.165, 1.54) is 4.68 Å². The summed E-state index contributed by atoms with van der Waals surface area (Å²) in [5, 5.41) is 4.74. The second kappa shape index (κ2) is 2.78. The highest BCUT2D eigenvalue weighted by atomic mass is 35.5. The van der Waals surface area contributed by atoms with Crippen LogP contribution in [-0.4, -0.2) is 9.78 Å². The van der Waals surface area contributed by atoms with Gasteiger partial charge in [0.2, 0.25) is 0 Å². The largest absolute Gasteiger partial charge is 0.326 e. The molecule has 10 heavy (non-hydrogen) atoms. The molecule has 0 atom stereocenters. The first-order chi connectivity index (χ1) is 4.66. The Balaban J connectivity index is 3.20. The molecule has 0 aliphatic heterocycles. The first-order valence-electron chi connectivity index (χ1n) is 2.73. The van der Waals surface area contributed by atoms with E-state index in [1.807, 2.05) is 0 Å². The highest BCUT2D eigenvalue weighted by molar-refractivity contribution is 6.34. The summed E-state index contributed by atoms with van der Waals surface area (Å²) in [4.78, 5) is 0. The van der Waals surface area contributed by atoms with Gasteiger partial charge in [-0.1, -0.05) is 23.2 Å². The normalized spacial score (nSPS) is 10.4. The van der Waals surface area contributed by atoms with Crippen LogP contribution in [0.4, 0.5) is 0 Å². The molecule has 0 amide bonds. The van der Waals surface area contributed by atoms with Crippen molar-refractivity contribution in [2.45, 2.75) is 6.54 Å². The molecule has 3 nitrogen and oxygen atoms in total. The Labute approximate surface area is 68.7 Å². The maximum absolute atomic E-state index is 5.75. The predicted molar refractivity (Wildman–Crippen MR) is 41.1 cm³/mol. The Morgan fingerprint density at radius 3 is 2.40 bits per heavy atom. The van der Waals surface area contributed by atoms with E-state index >= 15 is 0 Å². The topological polar surface area (TPSA) is 43.8 Å². The minimum absolute atomic E-state index is 0.325. The summed E-state index contributed by atoms with van der Waals surface area (Å²) in [6.45, 7) is 0.325. The average Bonchev–Trinajstić information content (AvgIpc) is 2.09. The fraction of sp³-hybridized carbons (Fsp3) is 0.400. The fourth-order valence-corrected chi connectivity index (χ4v) is 1.22. The molecule has 0 radical (unpaired) electrons. The molecular weight excluding hydrogens is 173 g/mol. The number of hydrogen-bond acceptors (Lipinski definition) is 2. The molecule has 0 spiro atoms. The van der Waals surface area contributed by atoms with Gasteiger partial charge in [-0.2, -0.15) is 5.10 Å². The van der Waals surface area contributed by atoms with Crippen molar-refractivity contribution in [3.05, 3.63) is 15.9 Å². The zero-order valence-corrected chi connectivity index (χ0v) is 6.95. The van der Waals surface area contributed by atoms with Crippen LogP contribution >= 0.6 is 23.2 Å². The minimum atomic E-state index is 0.325. The summed E-state index contributed by atoms with van der Waals surface area (Å²) in [5.41, 5.74) is 6.04. The van der Waals surface area contributed by atoms with E-state index < -0.39 is 0 Å². The van der Waals surface area contributed by atoms with Crippen LogP contribution in [-0.2, 0) is 13.6 Å². The van der Waals surface area contributed by atoms with Crippen molar-refractivity contribution in [2.24, 2.45) is 12.8 Å². The maximum Gasteiger partial charge on any atom is 0.157 e. The lowest BCUT2D eigenvalue weighted by atomic mass is 10.4. The molecule has 0 aromatic carbocycles. The average molecular weight is 180 g/mol. The number of aryl methyl sites for hydroxylation is 1. The van der Waals surface area contributed by atoms with E-state index in [-0.39, 0.29) is 0 Å². The van der Waals surface area contributed by atoms with Crippen molar-refractivity contribution in [1.29, 1.82) is 0 Å². The predicted octanol–water partition coefficient (Wildman–Crippen LogP) is 1.19. The molecule has 0 unspecified atom stereocenters. The second-order valence-corrected chi connectivity index (χ2v) is 2.60. The van der Waals surface area contributed by atoms with Crippen molar-refractivity contribution in [1.82, 2.24) is 9.78 Å². The van der Waals surface area contributed by atoms with Crippen LogP contribution in [0, 0.1) is 0 Å². The van der Waals surface area contributed by atoms with Gasteiger partial charge >= 0.3 is 0 Å². The molecule has 0 bridgehead atoms. The number of halogens is 2. The summed E-state index contributed by atoms with van der Waals surface area (Å²) in [6, 6.07) is 0.